The van der Waals surface area contributed by atoms with Gasteiger partial charge in [-0.05, 0) is 46.1 Å². The lowest BCUT2D eigenvalue weighted by atomic mass is 10.0. The van der Waals surface area contributed by atoms with Crippen LogP contribution >= 0.6 is 0 Å². The Labute approximate surface area is 180 Å². The molecule has 1 aromatic rings. The third-order valence-electron chi connectivity index (χ3n) is 4.35. The number of hydrogen-bond donors (Lipinski definition) is 2. The topological polar surface area (TPSA) is 87.7 Å². The minimum absolute atomic E-state index is 0.216. The van der Waals surface area contributed by atoms with Crippen LogP contribution in [0, 0.1) is 6.92 Å². The van der Waals surface area contributed by atoms with E-state index in [1.165, 1.54) is 4.90 Å². The van der Waals surface area contributed by atoms with E-state index in [1.807, 2.05) is 38.1 Å². The summed E-state index contributed by atoms with van der Waals surface area (Å²) in [5.74, 6) is -0.551. The highest BCUT2D eigenvalue weighted by molar-refractivity contribution is 5.90. The molecule has 0 fully saturated rings. The molecule has 1 atom stereocenters. The summed E-state index contributed by atoms with van der Waals surface area (Å²) < 4.78 is 5.20. The zero-order chi connectivity index (χ0) is 22.7. The molecular weight excluding hydrogens is 382 g/mol. The van der Waals surface area contributed by atoms with E-state index in [1.54, 1.807) is 20.8 Å². The van der Waals surface area contributed by atoms with Gasteiger partial charge < -0.3 is 20.3 Å². The Morgan fingerprint density at radius 1 is 1.03 bits per heavy atom. The molecule has 0 spiro atoms. The first-order valence-corrected chi connectivity index (χ1v) is 10.7. The summed E-state index contributed by atoms with van der Waals surface area (Å²) in [6.07, 6.45) is 1.86. The van der Waals surface area contributed by atoms with Gasteiger partial charge in [0, 0.05) is 13.1 Å². The number of hydrogen-bond acceptors (Lipinski definition) is 4. The van der Waals surface area contributed by atoms with Gasteiger partial charge in [-0.25, -0.2) is 4.79 Å². The van der Waals surface area contributed by atoms with E-state index >= 15 is 0 Å². The number of carbonyl (C=O) groups excluding carboxylic acids is 3. The first kappa shape index (κ1) is 25.5. The third-order valence-corrected chi connectivity index (χ3v) is 4.35. The predicted molar refractivity (Wildman–Crippen MR) is 118 cm³/mol. The van der Waals surface area contributed by atoms with Crippen LogP contribution in [-0.2, 0) is 14.3 Å². The van der Waals surface area contributed by atoms with Gasteiger partial charge in [0.1, 0.15) is 18.2 Å². The molecule has 0 aliphatic rings. The molecule has 3 amide bonds. The minimum atomic E-state index is -0.754. The molecule has 0 aromatic heterocycles. The molecule has 7 heteroatoms. The molecule has 1 unspecified atom stereocenters. The highest BCUT2D eigenvalue weighted by Gasteiger charge is 2.31. The largest absolute Gasteiger partial charge is 0.444 e. The molecule has 168 valence electrons. The van der Waals surface area contributed by atoms with Crippen molar-refractivity contribution in [3.8, 4) is 0 Å². The van der Waals surface area contributed by atoms with Gasteiger partial charge in [0.05, 0.1) is 0 Å². The lowest BCUT2D eigenvalue weighted by Crippen LogP contribution is -2.48. The van der Waals surface area contributed by atoms with Crippen LogP contribution in [0.5, 0.6) is 0 Å². The van der Waals surface area contributed by atoms with Crippen molar-refractivity contribution in [3.05, 3.63) is 35.4 Å². The number of nitrogens with one attached hydrogen (secondary N) is 2. The van der Waals surface area contributed by atoms with Crippen molar-refractivity contribution in [2.45, 2.75) is 72.4 Å². The number of ether oxygens (including phenoxy) is 1. The second-order valence-electron chi connectivity index (χ2n) is 8.40. The van der Waals surface area contributed by atoms with Crippen molar-refractivity contribution in [1.29, 1.82) is 0 Å². The molecule has 0 saturated heterocycles. The van der Waals surface area contributed by atoms with Gasteiger partial charge in [0.25, 0.3) is 0 Å². The van der Waals surface area contributed by atoms with Crippen LogP contribution in [0.2, 0.25) is 0 Å². The molecule has 0 aliphatic carbocycles. The number of aryl methyl sites for hydroxylation is 1. The van der Waals surface area contributed by atoms with Gasteiger partial charge in [-0.1, -0.05) is 50.1 Å². The summed E-state index contributed by atoms with van der Waals surface area (Å²) in [7, 11) is 0. The highest BCUT2D eigenvalue weighted by Crippen LogP contribution is 2.22. The molecule has 1 rings (SSSR count). The van der Waals surface area contributed by atoms with Gasteiger partial charge >= 0.3 is 6.09 Å². The fraction of sp³-hybridized carbons (Fsp3) is 0.609. The fourth-order valence-electron chi connectivity index (χ4n) is 2.91. The molecule has 0 bridgehead atoms. The quantitative estimate of drug-likeness (QED) is 0.566. The van der Waals surface area contributed by atoms with Crippen molar-refractivity contribution in [2.75, 3.05) is 19.6 Å². The zero-order valence-electron chi connectivity index (χ0n) is 19.2. The monoisotopic (exact) mass is 419 g/mol. The lowest BCUT2D eigenvalue weighted by Gasteiger charge is -2.31. The maximum absolute atomic E-state index is 13.0. The maximum atomic E-state index is 13.0. The molecule has 0 radical (unpaired) electrons. The Bertz CT molecular complexity index is 695. The summed E-state index contributed by atoms with van der Waals surface area (Å²) in [4.78, 5) is 39.5. The van der Waals surface area contributed by atoms with Crippen molar-refractivity contribution in [1.82, 2.24) is 15.5 Å². The number of amides is 3. The minimum Gasteiger partial charge on any atom is -0.444 e. The zero-order valence-corrected chi connectivity index (χ0v) is 19.2. The van der Waals surface area contributed by atoms with Gasteiger partial charge in [-0.3, -0.25) is 9.59 Å². The van der Waals surface area contributed by atoms with Crippen molar-refractivity contribution >= 4 is 17.9 Å². The normalized spacial score (nSPS) is 12.1. The van der Waals surface area contributed by atoms with E-state index in [0.717, 1.165) is 24.0 Å². The molecule has 2 N–H and O–H groups in total. The Morgan fingerprint density at radius 2 is 1.67 bits per heavy atom. The summed E-state index contributed by atoms with van der Waals surface area (Å²) in [5, 5.41) is 5.44. The van der Waals surface area contributed by atoms with Crippen molar-refractivity contribution in [3.63, 3.8) is 0 Å². The maximum Gasteiger partial charge on any atom is 0.408 e. The Kier molecular flexibility index (Phi) is 10.4. The van der Waals surface area contributed by atoms with E-state index in [-0.39, 0.29) is 18.4 Å². The molecular formula is C23H37N3O4. The first-order chi connectivity index (χ1) is 14.1. The Hall–Kier alpha value is -2.57. The van der Waals surface area contributed by atoms with Crippen molar-refractivity contribution < 1.29 is 19.1 Å². The van der Waals surface area contributed by atoms with E-state index in [2.05, 4.69) is 17.6 Å². The molecule has 7 nitrogen and oxygen atoms in total. The number of benzene rings is 1. The summed E-state index contributed by atoms with van der Waals surface area (Å²) >= 11 is 0. The van der Waals surface area contributed by atoms with E-state index in [9.17, 15) is 14.4 Å². The number of nitrogens with zero attached hydrogens (tertiary/aromatic N) is 1. The second kappa shape index (κ2) is 12.2. The van der Waals surface area contributed by atoms with Crippen LogP contribution in [0.25, 0.3) is 0 Å². The average molecular weight is 420 g/mol. The van der Waals surface area contributed by atoms with E-state index < -0.39 is 17.7 Å². The average Bonchev–Trinajstić information content (AvgIpc) is 2.66. The summed E-state index contributed by atoms with van der Waals surface area (Å²) in [6, 6.07) is 6.84. The van der Waals surface area contributed by atoms with Crippen LogP contribution in [0.15, 0.2) is 24.3 Å². The van der Waals surface area contributed by atoms with Crippen LogP contribution in [-0.4, -0.2) is 48.0 Å². The lowest BCUT2D eigenvalue weighted by molar-refractivity contribution is -0.140. The van der Waals surface area contributed by atoms with Gasteiger partial charge in [-0.15, -0.1) is 0 Å². The Morgan fingerprint density at radius 3 is 2.20 bits per heavy atom. The first-order valence-electron chi connectivity index (χ1n) is 10.7. The highest BCUT2D eigenvalue weighted by atomic mass is 16.6. The SMILES string of the molecule is CCCCNC(=O)C(c1ccc(C)cc1)N(CCC)C(=O)CNC(=O)OC(C)(C)C. The molecule has 0 aliphatic heterocycles. The molecule has 0 heterocycles. The van der Waals surface area contributed by atoms with Gasteiger partial charge in [0.2, 0.25) is 11.8 Å². The smallest absolute Gasteiger partial charge is 0.408 e. The van der Waals surface area contributed by atoms with Gasteiger partial charge in [0.15, 0.2) is 0 Å². The van der Waals surface area contributed by atoms with Gasteiger partial charge in [-0.2, -0.15) is 0 Å². The molecule has 0 saturated carbocycles. The summed E-state index contributed by atoms with van der Waals surface area (Å²) in [5.41, 5.74) is 1.16. The third kappa shape index (κ3) is 8.84. The van der Waals surface area contributed by atoms with Crippen LogP contribution in [0.3, 0.4) is 0 Å². The second-order valence-corrected chi connectivity index (χ2v) is 8.40. The number of carbonyl (C=O) groups is 3. The summed E-state index contributed by atoms with van der Waals surface area (Å²) in [6.45, 7) is 12.0. The Balaban J connectivity index is 3.04. The van der Waals surface area contributed by atoms with E-state index in [0.29, 0.717) is 19.5 Å². The molecule has 30 heavy (non-hydrogen) atoms. The van der Waals surface area contributed by atoms with Crippen LogP contribution in [0.4, 0.5) is 4.79 Å². The number of rotatable bonds is 10. The number of unbranched alkanes of at least 4 members (excludes halogenated alkanes) is 1. The molecule has 1 aromatic carbocycles. The van der Waals surface area contributed by atoms with Crippen LogP contribution in [0.1, 0.15) is 71.0 Å². The van der Waals surface area contributed by atoms with Crippen LogP contribution < -0.4 is 10.6 Å². The fourth-order valence-corrected chi connectivity index (χ4v) is 2.91. The van der Waals surface area contributed by atoms with E-state index in [4.69, 9.17) is 4.74 Å². The van der Waals surface area contributed by atoms with Crippen molar-refractivity contribution in [2.24, 2.45) is 0 Å². The number of alkyl carbamates (subject to hydrolysis) is 1. The predicted octanol–water partition coefficient (Wildman–Crippen LogP) is 3.72. The standard InChI is InChI=1S/C23H37N3O4/c1-7-9-14-24-21(28)20(18-12-10-17(3)11-13-18)26(15-8-2)19(27)16-25-22(29)30-23(4,5)6/h10-13,20H,7-9,14-16H2,1-6H3,(H,24,28)(H,25,29).